The van der Waals surface area contributed by atoms with Crippen LogP contribution >= 0.6 is 23.2 Å². The number of carboxylic acids is 1. The Hall–Kier alpha value is -6.31. The second-order valence-electron chi connectivity index (χ2n) is 18.1. The summed E-state index contributed by atoms with van der Waals surface area (Å²) in [7, 11) is 0. The smallest absolute Gasteiger partial charge is 0.410 e. The summed E-state index contributed by atoms with van der Waals surface area (Å²) in [5, 5.41) is 14.1. The highest BCUT2D eigenvalue weighted by atomic mass is 35.5. The van der Waals surface area contributed by atoms with Crippen molar-refractivity contribution >= 4 is 47.1 Å². The maximum absolute atomic E-state index is 14.6. The summed E-state index contributed by atoms with van der Waals surface area (Å²) in [6.45, 7) is 10.3. The predicted molar refractivity (Wildman–Crippen MR) is 249 cm³/mol. The molecular weight excluding hydrogens is 883 g/mol. The van der Waals surface area contributed by atoms with Gasteiger partial charge in [0.05, 0.1) is 16.0 Å². The van der Waals surface area contributed by atoms with Gasteiger partial charge in [0, 0.05) is 44.4 Å². The number of aromatic nitrogens is 1. The standard InChI is InChI=1S/C51H52Cl2N4O9/c1-29-30(2)54-18-16-39(29)33-9-6-31(7-10-33)21-42(49(60)61)55-47(58)43-22-36-23-44-45(24-37(36)26-57(43)48(59)35-17-19-56(25-35)50(62)66-51(3,4)5)65-46(28-64-44)34-11-13-38(14-12-34)63-27-32-8-15-40(52)41(53)20-32/h6-16,18,20,23-24,35,42-43,46H,17,19,21-22,25-28H2,1-5H3,(H,55,58)(H,60,61). The summed E-state index contributed by atoms with van der Waals surface area (Å²) < 4.78 is 24.3. The van der Waals surface area contributed by atoms with Crippen molar-refractivity contribution in [2.24, 2.45) is 5.92 Å². The highest BCUT2D eigenvalue weighted by Crippen LogP contribution is 2.41. The Morgan fingerprint density at radius 2 is 1.64 bits per heavy atom. The van der Waals surface area contributed by atoms with Crippen LogP contribution in [-0.2, 0) is 45.1 Å². The molecule has 4 atom stereocenters. The fourth-order valence-corrected chi connectivity index (χ4v) is 8.84. The number of hydrogen-bond acceptors (Lipinski definition) is 9. The molecule has 0 aliphatic carbocycles. The fraction of sp³-hybridized carbons (Fsp3) is 0.353. The van der Waals surface area contributed by atoms with Gasteiger partial charge in [-0.2, -0.15) is 0 Å². The van der Waals surface area contributed by atoms with Crippen LogP contribution in [0, 0.1) is 19.8 Å². The van der Waals surface area contributed by atoms with Gasteiger partial charge in [0.25, 0.3) is 0 Å². The van der Waals surface area contributed by atoms with Gasteiger partial charge in [-0.05, 0) is 128 Å². The summed E-state index contributed by atoms with van der Waals surface area (Å²) in [6.07, 6.45) is 1.31. The minimum atomic E-state index is -1.28. The molecule has 66 heavy (non-hydrogen) atoms. The first kappa shape index (κ1) is 46.2. The number of rotatable bonds is 11. The number of aryl methyl sites for hydroxylation is 1. The predicted octanol–water partition coefficient (Wildman–Crippen LogP) is 9.09. The molecule has 15 heteroatoms. The lowest BCUT2D eigenvalue weighted by atomic mass is 9.90. The number of aliphatic carboxylic acids is 1. The molecule has 1 fully saturated rings. The number of ether oxygens (including phenoxy) is 4. The molecule has 0 radical (unpaired) electrons. The Morgan fingerprint density at radius 1 is 0.909 bits per heavy atom. The number of benzene rings is 4. The number of nitrogens with one attached hydrogen (secondary N) is 1. The third-order valence-corrected chi connectivity index (χ3v) is 13.0. The van der Waals surface area contributed by atoms with Crippen molar-refractivity contribution < 1.29 is 43.2 Å². The Bertz CT molecular complexity index is 2650. The topological polar surface area (TPSA) is 157 Å². The summed E-state index contributed by atoms with van der Waals surface area (Å²) >= 11 is 12.2. The molecule has 0 saturated carbocycles. The molecule has 0 spiro atoms. The van der Waals surface area contributed by atoms with E-state index < -0.39 is 47.7 Å². The zero-order valence-electron chi connectivity index (χ0n) is 37.4. The number of halogens is 2. The largest absolute Gasteiger partial charge is 0.489 e. The van der Waals surface area contributed by atoms with Crippen molar-refractivity contribution in [2.45, 2.75) is 90.8 Å². The lowest BCUT2D eigenvalue weighted by molar-refractivity contribution is -0.147. The Morgan fingerprint density at radius 3 is 2.35 bits per heavy atom. The number of nitrogens with zero attached hydrogens (tertiary/aromatic N) is 3. The van der Waals surface area contributed by atoms with Gasteiger partial charge in [0.2, 0.25) is 11.8 Å². The van der Waals surface area contributed by atoms with Gasteiger partial charge in [-0.25, -0.2) is 9.59 Å². The molecular formula is C51H52Cl2N4O9. The van der Waals surface area contributed by atoms with Crippen LogP contribution in [0.2, 0.25) is 10.0 Å². The minimum Gasteiger partial charge on any atom is -0.489 e. The van der Waals surface area contributed by atoms with Crippen molar-refractivity contribution in [3.8, 4) is 28.4 Å². The maximum atomic E-state index is 14.6. The fourth-order valence-electron chi connectivity index (χ4n) is 8.52. The number of pyridine rings is 1. The van der Waals surface area contributed by atoms with Crippen LogP contribution in [0.1, 0.15) is 72.4 Å². The first-order valence-electron chi connectivity index (χ1n) is 21.9. The quantitative estimate of drug-likeness (QED) is 0.131. The number of carbonyl (C=O) groups is 4. The van der Waals surface area contributed by atoms with Crippen LogP contribution in [-0.4, -0.2) is 81.1 Å². The van der Waals surface area contributed by atoms with E-state index in [1.165, 1.54) is 9.80 Å². The number of fused-ring (bicyclic) bond motifs is 2. The SMILES string of the molecule is Cc1nccc(-c2ccc(CC(NC(=O)C3Cc4cc5c(cc4CN3C(=O)C3CCN(C(=O)OC(C)(C)C)C3)OC(c3ccc(OCc4ccc(Cl)c(Cl)c4)cc3)CO5)C(=O)O)cc2)c1C. The monoisotopic (exact) mass is 934 g/mol. The van der Waals surface area contributed by atoms with E-state index in [9.17, 15) is 24.3 Å². The lowest BCUT2D eigenvalue weighted by Gasteiger charge is -2.38. The molecule has 2 N–H and O–H groups in total. The zero-order valence-corrected chi connectivity index (χ0v) is 38.9. The molecule has 4 heterocycles. The third-order valence-electron chi connectivity index (χ3n) is 12.2. The molecule has 1 aromatic heterocycles. The molecule has 5 aromatic rings. The Balaban J connectivity index is 0.995. The molecule has 3 aliphatic heterocycles. The van der Waals surface area contributed by atoms with Crippen LogP contribution in [0.25, 0.3) is 11.1 Å². The van der Waals surface area contributed by atoms with E-state index in [1.54, 1.807) is 39.1 Å². The van der Waals surface area contributed by atoms with Crippen LogP contribution in [0.5, 0.6) is 17.2 Å². The molecule has 8 rings (SSSR count). The number of likely N-dealkylation sites (tertiary alicyclic amines) is 1. The zero-order chi connectivity index (χ0) is 46.9. The second-order valence-corrected chi connectivity index (χ2v) is 18.9. The van der Waals surface area contributed by atoms with E-state index in [1.807, 2.05) is 86.6 Å². The summed E-state index contributed by atoms with van der Waals surface area (Å²) in [6, 6.07) is 23.8. The molecule has 3 amide bonds. The Labute approximate surface area is 393 Å². The van der Waals surface area contributed by atoms with E-state index >= 15 is 0 Å². The summed E-state index contributed by atoms with van der Waals surface area (Å²) in [4.78, 5) is 62.1. The molecule has 4 aromatic carbocycles. The molecule has 3 aliphatic rings. The van der Waals surface area contributed by atoms with Crippen LogP contribution in [0.3, 0.4) is 0 Å². The van der Waals surface area contributed by atoms with Crippen molar-refractivity contribution in [1.82, 2.24) is 20.1 Å². The first-order valence-corrected chi connectivity index (χ1v) is 22.7. The number of carbonyl (C=O) groups excluding carboxylic acids is 3. The highest BCUT2D eigenvalue weighted by Gasteiger charge is 2.42. The van der Waals surface area contributed by atoms with Crippen LogP contribution in [0.15, 0.2) is 91.1 Å². The van der Waals surface area contributed by atoms with Crippen LogP contribution in [0.4, 0.5) is 4.79 Å². The summed E-state index contributed by atoms with van der Waals surface area (Å²) in [5.41, 5.74) is 7.27. The van der Waals surface area contributed by atoms with Gasteiger partial charge in [-0.1, -0.05) is 65.7 Å². The molecule has 344 valence electrons. The molecule has 0 bridgehead atoms. The maximum Gasteiger partial charge on any atom is 0.410 e. The van der Waals surface area contributed by atoms with Gasteiger partial charge >= 0.3 is 12.1 Å². The third kappa shape index (κ3) is 10.5. The van der Waals surface area contributed by atoms with Crippen molar-refractivity contribution in [3.05, 3.63) is 140 Å². The van der Waals surface area contributed by atoms with Gasteiger partial charge in [0.1, 0.15) is 36.6 Å². The normalized spacial score (nSPS) is 18.3. The first-order chi connectivity index (χ1) is 31.5. The van der Waals surface area contributed by atoms with E-state index in [0.29, 0.717) is 46.9 Å². The molecule has 1 saturated heterocycles. The summed E-state index contributed by atoms with van der Waals surface area (Å²) in [5.74, 6) is -1.07. The van der Waals surface area contributed by atoms with Crippen molar-refractivity contribution in [3.63, 3.8) is 0 Å². The second kappa shape index (κ2) is 19.3. The average molecular weight is 936 g/mol. The van der Waals surface area contributed by atoms with Gasteiger partial charge in [-0.3, -0.25) is 14.6 Å². The number of carboxylic acid groups (broad SMARTS) is 1. The number of amides is 3. The van der Waals surface area contributed by atoms with E-state index in [0.717, 1.165) is 50.2 Å². The highest BCUT2D eigenvalue weighted by molar-refractivity contribution is 6.42. The van der Waals surface area contributed by atoms with E-state index in [4.69, 9.17) is 42.1 Å². The average Bonchev–Trinajstić information content (AvgIpc) is 3.79. The minimum absolute atomic E-state index is 0.0226. The van der Waals surface area contributed by atoms with Crippen molar-refractivity contribution in [2.75, 3.05) is 19.7 Å². The van der Waals surface area contributed by atoms with Gasteiger partial charge in [-0.15, -0.1) is 0 Å². The van der Waals surface area contributed by atoms with Gasteiger partial charge < -0.3 is 39.2 Å². The van der Waals surface area contributed by atoms with Gasteiger partial charge in [0.15, 0.2) is 17.6 Å². The Kier molecular flexibility index (Phi) is 13.5. The molecule has 13 nitrogen and oxygen atoms in total. The van der Waals surface area contributed by atoms with Crippen LogP contribution < -0.4 is 19.5 Å². The van der Waals surface area contributed by atoms with E-state index in [-0.39, 0.29) is 38.4 Å². The lowest BCUT2D eigenvalue weighted by Crippen LogP contribution is -2.57. The van der Waals surface area contributed by atoms with E-state index in [2.05, 4.69) is 10.3 Å². The number of hydrogen-bond donors (Lipinski definition) is 2. The molecule has 4 unspecified atom stereocenters. The van der Waals surface area contributed by atoms with Crippen molar-refractivity contribution in [1.29, 1.82) is 0 Å².